The van der Waals surface area contributed by atoms with Crippen LogP contribution in [-0.4, -0.2) is 18.2 Å². The molecule has 0 aromatic heterocycles. The molecular weight excluding hydrogens is 252 g/mol. The average molecular weight is 278 g/mol. The Morgan fingerprint density at radius 1 is 1.10 bits per heavy atom. The molecule has 0 radical (unpaired) electrons. The largest absolute Gasteiger partial charge is 0.444 e. The molecule has 0 heterocycles. The monoisotopic (exact) mass is 278 g/mol. The zero-order chi connectivity index (χ0) is 15.0. The molecular formula is C16H26N2O2. The summed E-state index contributed by atoms with van der Waals surface area (Å²) in [5.41, 5.74) is 1.32. The van der Waals surface area contributed by atoms with Gasteiger partial charge in [0, 0.05) is 17.9 Å². The first-order valence-corrected chi connectivity index (χ1v) is 7.24. The molecule has 1 aromatic rings. The van der Waals surface area contributed by atoms with Crippen LogP contribution in [0.4, 0.5) is 16.2 Å². The van der Waals surface area contributed by atoms with Crippen molar-refractivity contribution in [2.45, 2.75) is 52.6 Å². The lowest BCUT2D eigenvalue weighted by molar-refractivity contribution is 0.0636. The molecule has 0 aliphatic rings. The highest BCUT2D eigenvalue weighted by Crippen LogP contribution is 2.15. The Morgan fingerprint density at radius 2 is 1.70 bits per heavy atom. The maximum atomic E-state index is 11.6. The minimum atomic E-state index is -0.481. The van der Waals surface area contributed by atoms with E-state index in [0.29, 0.717) is 0 Å². The molecule has 0 aliphatic heterocycles. The maximum Gasteiger partial charge on any atom is 0.412 e. The topological polar surface area (TPSA) is 50.4 Å². The van der Waals surface area contributed by atoms with Crippen LogP contribution in [0.3, 0.4) is 0 Å². The Kier molecular flexibility index (Phi) is 6.36. The third-order valence-corrected chi connectivity index (χ3v) is 2.64. The highest BCUT2D eigenvalue weighted by atomic mass is 16.6. The van der Waals surface area contributed by atoms with Gasteiger partial charge in [-0.1, -0.05) is 19.8 Å². The molecule has 0 unspecified atom stereocenters. The molecule has 112 valence electrons. The van der Waals surface area contributed by atoms with E-state index in [0.717, 1.165) is 17.9 Å². The Morgan fingerprint density at radius 3 is 2.25 bits per heavy atom. The lowest BCUT2D eigenvalue weighted by Crippen LogP contribution is -2.27. The lowest BCUT2D eigenvalue weighted by Gasteiger charge is -2.19. The van der Waals surface area contributed by atoms with Gasteiger partial charge in [-0.15, -0.1) is 0 Å². The minimum absolute atomic E-state index is 0.429. The molecule has 2 N–H and O–H groups in total. The summed E-state index contributed by atoms with van der Waals surface area (Å²) in [4.78, 5) is 11.6. The van der Waals surface area contributed by atoms with E-state index in [-0.39, 0.29) is 0 Å². The van der Waals surface area contributed by atoms with Crippen LogP contribution >= 0.6 is 0 Å². The molecule has 1 rings (SSSR count). The molecule has 0 spiro atoms. The number of unbranched alkanes of at least 4 members (excludes halogenated alkanes) is 2. The second kappa shape index (κ2) is 7.78. The van der Waals surface area contributed by atoms with Gasteiger partial charge in [0.05, 0.1) is 0 Å². The van der Waals surface area contributed by atoms with Crippen LogP contribution in [0.5, 0.6) is 0 Å². The highest BCUT2D eigenvalue weighted by Gasteiger charge is 2.15. The molecule has 0 fully saturated rings. The Balaban J connectivity index is 2.40. The van der Waals surface area contributed by atoms with Crippen LogP contribution in [0.2, 0.25) is 0 Å². The number of carbonyl (C=O) groups excluding carboxylic acids is 1. The van der Waals surface area contributed by atoms with Gasteiger partial charge in [0.25, 0.3) is 0 Å². The number of hydrogen-bond acceptors (Lipinski definition) is 3. The summed E-state index contributed by atoms with van der Waals surface area (Å²) in [6.45, 7) is 8.70. The van der Waals surface area contributed by atoms with Crippen molar-refractivity contribution < 1.29 is 9.53 Å². The van der Waals surface area contributed by atoms with Crippen molar-refractivity contribution in [3.8, 4) is 0 Å². The molecule has 0 atom stereocenters. The van der Waals surface area contributed by atoms with Gasteiger partial charge in [-0.2, -0.15) is 0 Å². The molecule has 20 heavy (non-hydrogen) atoms. The number of hydrogen-bond donors (Lipinski definition) is 2. The summed E-state index contributed by atoms with van der Waals surface area (Å²) in [5, 5.41) is 6.07. The first-order chi connectivity index (χ1) is 9.40. The molecule has 0 saturated heterocycles. The van der Waals surface area contributed by atoms with Gasteiger partial charge in [-0.3, -0.25) is 5.32 Å². The standard InChI is InChI=1S/C16H26N2O2/c1-5-6-7-12-17-13-8-10-14(11-9-13)18-15(19)20-16(2,3)4/h8-11,17H,5-7,12H2,1-4H3,(H,18,19). The summed E-state index contributed by atoms with van der Waals surface area (Å²) < 4.78 is 5.20. The van der Waals surface area contributed by atoms with Crippen molar-refractivity contribution >= 4 is 17.5 Å². The summed E-state index contributed by atoms with van der Waals surface area (Å²) in [6.07, 6.45) is 3.21. The lowest BCUT2D eigenvalue weighted by atomic mass is 10.2. The number of ether oxygens (including phenoxy) is 1. The fraction of sp³-hybridized carbons (Fsp3) is 0.562. The molecule has 0 saturated carbocycles. The van der Waals surface area contributed by atoms with Crippen LogP contribution in [0.25, 0.3) is 0 Å². The van der Waals surface area contributed by atoms with Crippen molar-refractivity contribution in [1.82, 2.24) is 0 Å². The fourth-order valence-electron chi connectivity index (χ4n) is 1.70. The summed E-state index contributed by atoms with van der Waals surface area (Å²) >= 11 is 0. The van der Waals surface area contributed by atoms with E-state index in [9.17, 15) is 4.79 Å². The first-order valence-electron chi connectivity index (χ1n) is 7.24. The zero-order valence-corrected chi connectivity index (χ0v) is 13.0. The van der Waals surface area contributed by atoms with Crippen molar-refractivity contribution in [3.05, 3.63) is 24.3 Å². The van der Waals surface area contributed by atoms with Gasteiger partial charge in [0.1, 0.15) is 5.60 Å². The number of anilines is 2. The van der Waals surface area contributed by atoms with E-state index < -0.39 is 11.7 Å². The van der Waals surface area contributed by atoms with Crippen LogP contribution < -0.4 is 10.6 Å². The van der Waals surface area contributed by atoms with Crippen LogP contribution in [0.15, 0.2) is 24.3 Å². The third-order valence-electron chi connectivity index (χ3n) is 2.64. The van der Waals surface area contributed by atoms with E-state index in [1.165, 1.54) is 19.3 Å². The van der Waals surface area contributed by atoms with Crippen molar-refractivity contribution in [3.63, 3.8) is 0 Å². The van der Waals surface area contributed by atoms with Crippen LogP contribution in [0, 0.1) is 0 Å². The van der Waals surface area contributed by atoms with Crippen molar-refractivity contribution in [2.24, 2.45) is 0 Å². The minimum Gasteiger partial charge on any atom is -0.444 e. The normalized spacial score (nSPS) is 11.0. The Bertz CT molecular complexity index is 407. The molecule has 0 aliphatic carbocycles. The molecule has 1 amide bonds. The molecule has 0 bridgehead atoms. The number of benzene rings is 1. The van der Waals surface area contributed by atoms with Crippen LogP contribution in [0.1, 0.15) is 47.0 Å². The number of rotatable bonds is 6. The van der Waals surface area contributed by atoms with E-state index in [1.807, 2.05) is 45.0 Å². The van der Waals surface area contributed by atoms with Gasteiger partial charge < -0.3 is 10.1 Å². The molecule has 1 aromatic carbocycles. The Hall–Kier alpha value is -1.71. The maximum absolute atomic E-state index is 11.6. The van der Waals surface area contributed by atoms with E-state index in [4.69, 9.17) is 4.74 Å². The molecule has 4 nitrogen and oxygen atoms in total. The van der Waals surface area contributed by atoms with Crippen molar-refractivity contribution in [2.75, 3.05) is 17.2 Å². The smallest absolute Gasteiger partial charge is 0.412 e. The third kappa shape index (κ3) is 7.02. The van der Waals surface area contributed by atoms with E-state index >= 15 is 0 Å². The summed E-state index contributed by atoms with van der Waals surface area (Å²) in [6, 6.07) is 7.65. The van der Waals surface area contributed by atoms with Gasteiger partial charge in [0.2, 0.25) is 0 Å². The van der Waals surface area contributed by atoms with Gasteiger partial charge in [-0.25, -0.2) is 4.79 Å². The zero-order valence-electron chi connectivity index (χ0n) is 13.0. The Labute approximate surface area is 121 Å². The van der Waals surface area contributed by atoms with Gasteiger partial charge >= 0.3 is 6.09 Å². The number of nitrogens with one attached hydrogen (secondary N) is 2. The van der Waals surface area contributed by atoms with E-state index in [2.05, 4.69) is 17.6 Å². The van der Waals surface area contributed by atoms with Gasteiger partial charge in [-0.05, 0) is 51.5 Å². The first kappa shape index (κ1) is 16.3. The second-order valence-corrected chi connectivity index (χ2v) is 5.84. The number of carbonyl (C=O) groups is 1. The molecule has 4 heteroatoms. The van der Waals surface area contributed by atoms with Gasteiger partial charge in [0.15, 0.2) is 0 Å². The number of amides is 1. The average Bonchev–Trinajstić information content (AvgIpc) is 2.34. The predicted molar refractivity (Wildman–Crippen MR) is 84.3 cm³/mol. The fourth-order valence-corrected chi connectivity index (χ4v) is 1.70. The van der Waals surface area contributed by atoms with Crippen molar-refractivity contribution in [1.29, 1.82) is 0 Å². The summed E-state index contributed by atoms with van der Waals surface area (Å²) in [7, 11) is 0. The highest BCUT2D eigenvalue weighted by molar-refractivity contribution is 5.85. The SMILES string of the molecule is CCCCCNc1ccc(NC(=O)OC(C)(C)C)cc1. The predicted octanol–water partition coefficient (Wildman–Crippen LogP) is 4.64. The quantitative estimate of drug-likeness (QED) is 0.745. The van der Waals surface area contributed by atoms with Crippen LogP contribution in [-0.2, 0) is 4.74 Å². The second-order valence-electron chi connectivity index (χ2n) is 5.84. The summed E-state index contributed by atoms with van der Waals surface area (Å²) in [5.74, 6) is 0. The van der Waals surface area contributed by atoms with E-state index in [1.54, 1.807) is 0 Å².